The fourth-order valence-electron chi connectivity index (χ4n) is 2.74. The molecule has 3 N–H and O–H groups in total. The first kappa shape index (κ1) is 18.0. The Morgan fingerprint density at radius 1 is 1.27 bits per heavy atom. The molecule has 1 unspecified atom stereocenters. The Kier molecular flexibility index (Phi) is 4.51. The number of nitrogens with one attached hydrogen (secondary N) is 1. The molecule has 1 aromatic carbocycles. The second-order valence-corrected chi connectivity index (χ2v) is 7.67. The number of sulfonamides is 1. The number of primary sulfonamides is 1. The van der Waals surface area contributed by atoms with Gasteiger partial charge >= 0.3 is 0 Å². The van der Waals surface area contributed by atoms with Gasteiger partial charge in [0.1, 0.15) is 0 Å². The summed E-state index contributed by atoms with van der Waals surface area (Å²) in [5.41, 5.74) is 2.71. The van der Waals surface area contributed by atoms with E-state index in [9.17, 15) is 13.2 Å². The zero-order valence-electron chi connectivity index (χ0n) is 14.6. The van der Waals surface area contributed by atoms with Crippen LogP contribution in [0.1, 0.15) is 34.6 Å². The third-order valence-electron chi connectivity index (χ3n) is 4.18. The molecule has 0 saturated heterocycles. The molecule has 2 heterocycles. The number of rotatable bonds is 4. The average Bonchev–Trinajstić information content (AvgIpc) is 2.88. The largest absolute Gasteiger partial charge is 0.345 e. The highest BCUT2D eigenvalue weighted by atomic mass is 32.2. The molecule has 0 saturated carbocycles. The normalized spacial score (nSPS) is 12.9. The van der Waals surface area contributed by atoms with E-state index in [1.165, 1.54) is 18.3 Å². The first-order valence-corrected chi connectivity index (χ1v) is 9.44. The van der Waals surface area contributed by atoms with Crippen LogP contribution in [0.4, 0.5) is 0 Å². The molecule has 0 bridgehead atoms. The Bertz CT molecular complexity index is 1090. The van der Waals surface area contributed by atoms with Crippen molar-refractivity contribution in [1.82, 2.24) is 20.1 Å². The average molecular weight is 373 g/mol. The number of benzene rings is 1. The van der Waals surface area contributed by atoms with Crippen LogP contribution in [-0.2, 0) is 17.1 Å². The molecule has 0 spiro atoms. The summed E-state index contributed by atoms with van der Waals surface area (Å²) >= 11 is 0. The smallest absolute Gasteiger partial charge is 0.253 e. The number of fused-ring (bicyclic) bond motifs is 1. The Balaban J connectivity index is 1.80. The molecule has 0 radical (unpaired) electrons. The van der Waals surface area contributed by atoms with E-state index in [1.54, 1.807) is 29.9 Å². The van der Waals surface area contributed by atoms with Crippen molar-refractivity contribution in [3.63, 3.8) is 0 Å². The minimum atomic E-state index is -3.74. The standard InChI is InChI=1S/C17H19N5O3S/c1-10(12-4-6-14(7-5-12)26(18,24)25)20-17(23)13-8-15-11(2)21-22(3)16(15)19-9-13/h4-10H,1-3H3,(H,20,23)(H2,18,24,25). The summed E-state index contributed by atoms with van der Waals surface area (Å²) in [6.45, 7) is 3.67. The third kappa shape index (κ3) is 3.44. The van der Waals surface area contributed by atoms with Gasteiger partial charge in [0, 0.05) is 18.6 Å². The van der Waals surface area contributed by atoms with Crippen molar-refractivity contribution in [3.05, 3.63) is 53.3 Å². The van der Waals surface area contributed by atoms with E-state index in [0.717, 1.165) is 16.6 Å². The van der Waals surface area contributed by atoms with Gasteiger partial charge in [-0.25, -0.2) is 18.5 Å². The van der Waals surface area contributed by atoms with Gasteiger partial charge in [0.25, 0.3) is 5.91 Å². The van der Waals surface area contributed by atoms with Gasteiger partial charge in [-0.15, -0.1) is 0 Å². The molecule has 8 nitrogen and oxygen atoms in total. The van der Waals surface area contributed by atoms with Gasteiger partial charge in [0.05, 0.1) is 22.2 Å². The van der Waals surface area contributed by atoms with Crippen LogP contribution in [0, 0.1) is 6.92 Å². The lowest BCUT2D eigenvalue weighted by Crippen LogP contribution is -2.26. The Labute approximate surface area is 151 Å². The molecule has 0 aliphatic rings. The van der Waals surface area contributed by atoms with Crippen LogP contribution >= 0.6 is 0 Å². The van der Waals surface area contributed by atoms with E-state index in [1.807, 2.05) is 13.8 Å². The van der Waals surface area contributed by atoms with Crippen LogP contribution < -0.4 is 10.5 Å². The van der Waals surface area contributed by atoms with E-state index in [4.69, 9.17) is 5.14 Å². The zero-order chi connectivity index (χ0) is 19.1. The van der Waals surface area contributed by atoms with E-state index in [2.05, 4.69) is 15.4 Å². The molecule has 1 atom stereocenters. The van der Waals surface area contributed by atoms with E-state index >= 15 is 0 Å². The number of carbonyl (C=O) groups is 1. The third-order valence-corrected chi connectivity index (χ3v) is 5.11. The number of pyridine rings is 1. The Morgan fingerprint density at radius 3 is 2.54 bits per heavy atom. The summed E-state index contributed by atoms with van der Waals surface area (Å²) in [4.78, 5) is 16.9. The number of carbonyl (C=O) groups excluding carboxylic acids is 1. The van der Waals surface area contributed by atoms with E-state index < -0.39 is 10.0 Å². The summed E-state index contributed by atoms with van der Waals surface area (Å²) in [6.07, 6.45) is 1.51. The quantitative estimate of drug-likeness (QED) is 0.716. The van der Waals surface area contributed by atoms with Gasteiger partial charge in [-0.2, -0.15) is 5.10 Å². The first-order valence-electron chi connectivity index (χ1n) is 7.90. The highest BCUT2D eigenvalue weighted by Gasteiger charge is 2.15. The van der Waals surface area contributed by atoms with Crippen LogP contribution in [0.15, 0.2) is 41.4 Å². The van der Waals surface area contributed by atoms with Crippen LogP contribution in [0.25, 0.3) is 11.0 Å². The van der Waals surface area contributed by atoms with Crippen LogP contribution in [0.5, 0.6) is 0 Å². The molecule has 136 valence electrons. The lowest BCUT2D eigenvalue weighted by Gasteiger charge is -2.14. The van der Waals surface area contributed by atoms with Crippen molar-refractivity contribution >= 4 is 27.0 Å². The second-order valence-electron chi connectivity index (χ2n) is 6.11. The van der Waals surface area contributed by atoms with Gasteiger partial charge in [-0.1, -0.05) is 12.1 Å². The summed E-state index contributed by atoms with van der Waals surface area (Å²) in [6, 6.07) is 7.52. The van der Waals surface area contributed by atoms with Gasteiger partial charge in [-0.05, 0) is 37.6 Å². The lowest BCUT2D eigenvalue weighted by molar-refractivity contribution is 0.0939. The number of nitrogens with two attached hydrogens (primary N) is 1. The monoisotopic (exact) mass is 373 g/mol. The number of aromatic nitrogens is 3. The zero-order valence-corrected chi connectivity index (χ0v) is 15.4. The maximum Gasteiger partial charge on any atom is 0.253 e. The predicted molar refractivity (Wildman–Crippen MR) is 96.9 cm³/mol. The summed E-state index contributed by atoms with van der Waals surface area (Å²) in [5, 5.41) is 13.1. The molecule has 3 aromatic rings. The molecule has 9 heteroatoms. The molecule has 1 amide bonds. The molecular formula is C17H19N5O3S. The Hall–Kier alpha value is -2.78. The van der Waals surface area contributed by atoms with Crippen molar-refractivity contribution in [3.8, 4) is 0 Å². The first-order chi connectivity index (χ1) is 12.2. The number of hydrogen-bond donors (Lipinski definition) is 2. The summed E-state index contributed by atoms with van der Waals surface area (Å²) in [7, 11) is -1.94. The molecule has 26 heavy (non-hydrogen) atoms. The fraction of sp³-hybridized carbons (Fsp3) is 0.235. The maximum absolute atomic E-state index is 12.5. The topological polar surface area (TPSA) is 120 Å². The van der Waals surface area contributed by atoms with Gasteiger partial charge < -0.3 is 5.32 Å². The number of aryl methyl sites for hydroxylation is 2. The van der Waals surface area contributed by atoms with Crippen molar-refractivity contribution < 1.29 is 13.2 Å². The van der Waals surface area contributed by atoms with Crippen molar-refractivity contribution in [1.29, 1.82) is 0 Å². The Morgan fingerprint density at radius 2 is 1.92 bits per heavy atom. The van der Waals surface area contributed by atoms with Gasteiger partial charge in [-0.3, -0.25) is 9.48 Å². The van der Waals surface area contributed by atoms with Crippen LogP contribution in [-0.4, -0.2) is 29.1 Å². The van der Waals surface area contributed by atoms with Crippen molar-refractivity contribution in [2.45, 2.75) is 24.8 Å². The molecule has 0 aliphatic heterocycles. The second kappa shape index (κ2) is 6.50. The highest BCUT2D eigenvalue weighted by molar-refractivity contribution is 7.89. The van der Waals surface area contributed by atoms with E-state index in [-0.39, 0.29) is 16.8 Å². The fourth-order valence-corrected chi connectivity index (χ4v) is 3.26. The molecular weight excluding hydrogens is 354 g/mol. The van der Waals surface area contributed by atoms with Crippen molar-refractivity contribution in [2.24, 2.45) is 12.2 Å². The summed E-state index contributed by atoms with van der Waals surface area (Å²) in [5.74, 6) is -0.273. The van der Waals surface area contributed by atoms with Gasteiger partial charge in [0.15, 0.2) is 5.65 Å². The van der Waals surface area contributed by atoms with Gasteiger partial charge in [0.2, 0.25) is 10.0 Å². The van der Waals surface area contributed by atoms with Crippen molar-refractivity contribution in [2.75, 3.05) is 0 Å². The summed E-state index contributed by atoms with van der Waals surface area (Å²) < 4.78 is 24.3. The maximum atomic E-state index is 12.5. The molecule has 2 aromatic heterocycles. The minimum absolute atomic E-state index is 0.0291. The number of nitrogens with zero attached hydrogens (tertiary/aromatic N) is 3. The molecule has 0 fully saturated rings. The number of amides is 1. The number of hydrogen-bond acceptors (Lipinski definition) is 5. The lowest BCUT2D eigenvalue weighted by atomic mass is 10.1. The predicted octanol–water partition coefficient (Wildman–Crippen LogP) is 1.42. The SMILES string of the molecule is Cc1nn(C)c2ncc(C(=O)NC(C)c3ccc(S(N)(=O)=O)cc3)cc12. The highest BCUT2D eigenvalue weighted by Crippen LogP contribution is 2.19. The van der Waals surface area contributed by atoms with E-state index in [0.29, 0.717) is 11.2 Å². The molecule has 0 aliphatic carbocycles. The minimum Gasteiger partial charge on any atom is -0.345 e. The van der Waals surface area contributed by atoms with Crippen LogP contribution in [0.3, 0.4) is 0 Å². The molecule has 3 rings (SSSR count). The van der Waals surface area contributed by atoms with Crippen LogP contribution in [0.2, 0.25) is 0 Å².